The second kappa shape index (κ2) is 6.92. The van der Waals surface area contributed by atoms with Crippen LogP contribution in [0.2, 0.25) is 0 Å². The molecule has 3 rings (SSSR count). The van der Waals surface area contributed by atoms with Crippen molar-refractivity contribution in [1.82, 2.24) is 14.9 Å². The van der Waals surface area contributed by atoms with E-state index in [4.69, 9.17) is 4.74 Å². The number of hydrogen-bond donors (Lipinski definition) is 1. The maximum Gasteiger partial charge on any atom is 0.230 e. The van der Waals surface area contributed by atoms with Crippen molar-refractivity contribution in [3.05, 3.63) is 30.1 Å². The molecule has 0 spiro atoms. The summed E-state index contributed by atoms with van der Waals surface area (Å²) in [5.74, 6) is 1.38. The Morgan fingerprint density at radius 3 is 3.14 bits per heavy atom. The topological polar surface area (TPSA) is 58.2 Å². The Labute approximate surface area is 130 Å². The standard InChI is InChI=1S/C17H23N3O2/c1-2-9-22-12-13-7-8-20(11-13)17(21)10-16-18-14-5-3-4-6-15(14)19-16/h3-6,13H,2,7-12H2,1H3,(H,18,19)/t13-/m0/s1. The van der Waals surface area contributed by atoms with Gasteiger partial charge in [0.1, 0.15) is 5.82 Å². The minimum atomic E-state index is 0.150. The Morgan fingerprint density at radius 2 is 2.32 bits per heavy atom. The SMILES string of the molecule is CCCOC[C@H]1CCN(C(=O)Cc2nc3ccccc3[nH]2)C1. The Morgan fingerprint density at radius 1 is 1.45 bits per heavy atom. The molecule has 1 aromatic carbocycles. The van der Waals surface area contributed by atoms with E-state index in [1.807, 2.05) is 29.2 Å². The molecular formula is C17H23N3O2. The van der Waals surface area contributed by atoms with Gasteiger partial charge in [0.25, 0.3) is 0 Å². The van der Waals surface area contributed by atoms with Gasteiger partial charge in [0.2, 0.25) is 5.91 Å². The van der Waals surface area contributed by atoms with Crippen molar-refractivity contribution in [3.8, 4) is 0 Å². The van der Waals surface area contributed by atoms with Crippen LogP contribution in [0.3, 0.4) is 0 Å². The minimum absolute atomic E-state index is 0.150. The van der Waals surface area contributed by atoms with Gasteiger partial charge < -0.3 is 14.6 Å². The summed E-state index contributed by atoms with van der Waals surface area (Å²) in [4.78, 5) is 22.0. The van der Waals surface area contributed by atoms with E-state index in [0.29, 0.717) is 12.3 Å². The largest absolute Gasteiger partial charge is 0.381 e. The number of carbonyl (C=O) groups is 1. The number of nitrogens with zero attached hydrogens (tertiary/aromatic N) is 2. The first-order valence-corrected chi connectivity index (χ1v) is 8.05. The van der Waals surface area contributed by atoms with Crippen molar-refractivity contribution in [2.45, 2.75) is 26.2 Å². The smallest absolute Gasteiger partial charge is 0.230 e. The van der Waals surface area contributed by atoms with Gasteiger partial charge in [-0.25, -0.2) is 4.98 Å². The number of aromatic amines is 1. The van der Waals surface area contributed by atoms with Crippen LogP contribution in [0.1, 0.15) is 25.6 Å². The fourth-order valence-electron chi connectivity index (χ4n) is 2.93. The predicted molar refractivity (Wildman–Crippen MR) is 85.6 cm³/mol. The maximum atomic E-state index is 12.4. The summed E-state index contributed by atoms with van der Waals surface area (Å²) >= 11 is 0. The predicted octanol–water partition coefficient (Wildman–Crippen LogP) is 2.38. The van der Waals surface area contributed by atoms with Crippen LogP contribution in [-0.2, 0) is 16.0 Å². The average Bonchev–Trinajstić information content (AvgIpc) is 3.13. The molecule has 5 nitrogen and oxygen atoms in total. The number of aromatic nitrogens is 2. The summed E-state index contributed by atoms with van der Waals surface area (Å²) < 4.78 is 5.60. The number of amides is 1. The van der Waals surface area contributed by atoms with Crippen molar-refractivity contribution >= 4 is 16.9 Å². The Kier molecular flexibility index (Phi) is 4.73. The second-order valence-electron chi connectivity index (χ2n) is 5.95. The zero-order valence-corrected chi connectivity index (χ0v) is 13.0. The zero-order chi connectivity index (χ0) is 15.4. The van der Waals surface area contributed by atoms with Crippen LogP contribution in [-0.4, -0.2) is 47.1 Å². The van der Waals surface area contributed by atoms with E-state index >= 15 is 0 Å². The Bertz CT molecular complexity index is 605. The number of H-pyrrole nitrogens is 1. The third-order valence-electron chi connectivity index (χ3n) is 4.10. The van der Waals surface area contributed by atoms with E-state index in [1.165, 1.54) is 0 Å². The third kappa shape index (κ3) is 3.47. The molecule has 0 aliphatic carbocycles. The molecule has 2 aromatic rings. The van der Waals surface area contributed by atoms with Gasteiger partial charge in [-0.1, -0.05) is 19.1 Å². The molecule has 0 unspecified atom stereocenters. The van der Waals surface area contributed by atoms with Gasteiger partial charge in [-0.2, -0.15) is 0 Å². The van der Waals surface area contributed by atoms with E-state index in [2.05, 4.69) is 16.9 Å². The first kappa shape index (κ1) is 15.0. The molecule has 22 heavy (non-hydrogen) atoms. The number of hydrogen-bond acceptors (Lipinski definition) is 3. The molecule has 1 amide bonds. The van der Waals surface area contributed by atoms with Crippen LogP contribution in [0.15, 0.2) is 24.3 Å². The van der Waals surface area contributed by atoms with Crippen LogP contribution in [0.4, 0.5) is 0 Å². The number of nitrogens with one attached hydrogen (secondary N) is 1. The number of fused-ring (bicyclic) bond motifs is 1. The lowest BCUT2D eigenvalue weighted by atomic mass is 10.1. The van der Waals surface area contributed by atoms with E-state index < -0.39 is 0 Å². The molecule has 5 heteroatoms. The lowest BCUT2D eigenvalue weighted by Gasteiger charge is -2.16. The van der Waals surface area contributed by atoms with Crippen LogP contribution in [0.25, 0.3) is 11.0 Å². The molecule has 1 saturated heterocycles. The molecule has 1 fully saturated rings. The third-order valence-corrected chi connectivity index (χ3v) is 4.10. The lowest BCUT2D eigenvalue weighted by molar-refractivity contribution is -0.129. The molecular weight excluding hydrogens is 278 g/mol. The summed E-state index contributed by atoms with van der Waals surface area (Å²) in [6.07, 6.45) is 2.42. The number of carbonyl (C=O) groups excluding carboxylic acids is 1. The normalized spacial score (nSPS) is 18.2. The molecule has 1 N–H and O–H groups in total. The number of likely N-dealkylation sites (tertiary alicyclic amines) is 1. The molecule has 1 aliphatic heterocycles. The molecule has 0 saturated carbocycles. The molecule has 118 valence electrons. The molecule has 1 aliphatic rings. The Hall–Kier alpha value is -1.88. The van der Waals surface area contributed by atoms with Crippen LogP contribution in [0, 0.1) is 5.92 Å². The monoisotopic (exact) mass is 301 g/mol. The van der Waals surface area contributed by atoms with Crippen molar-refractivity contribution in [2.75, 3.05) is 26.3 Å². The van der Waals surface area contributed by atoms with Crippen molar-refractivity contribution < 1.29 is 9.53 Å². The summed E-state index contributed by atoms with van der Waals surface area (Å²) in [5, 5.41) is 0. The highest BCUT2D eigenvalue weighted by atomic mass is 16.5. The van der Waals surface area contributed by atoms with E-state index in [1.54, 1.807) is 0 Å². The molecule has 1 aromatic heterocycles. The highest BCUT2D eigenvalue weighted by Crippen LogP contribution is 2.18. The maximum absolute atomic E-state index is 12.4. The van der Waals surface area contributed by atoms with Crippen LogP contribution >= 0.6 is 0 Å². The quantitative estimate of drug-likeness (QED) is 0.833. The Balaban J connectivity index is 1.54. The number of rotatable bonds is 6. The van der Waals surface area contributed by atoms with Gasteiger partial charge in [0.05, 0.1) is 24.1 Å². The number of benzene rings is 1. The zero-order valence-electron chi connectivity index (χ0n) is 13.0. The summed E-state index contributed by atoms with van der Waals surface area (Å²) in [7, 11) is 0. The molecule has 0 radical (unpaired) electrons. The highest BCUT2D eigenvalue weighted by Gasteiger charge is 2.26. The van der Waals surface area contributed by atoms with E-state index in [9.17, 15) is 4.79 Å². The lowest BCUT2D eigenvalue weighted by Crippen LogP contribution is -2.31. The average molecular weight is 301 g/mol. The number of para-hydroxylation sites is 2. The minimum Gasteiger partial charge on any atom is -0.381 e. The number of ether oxygens (including phenoxy) is 1. The van der Waals surface area contributed by atoms with Crippen molar-refractivity contribution in [2.24, 2.45) is 5.92 Å². The number of imidazole rings is 1. The second-order valence-corrected chi connectivity index (χ2v) is 5.95. The van der Waals surface area contributed by atoms with Crippen molar-refractivity contribution in [1.29, 1.82) is 0 Å². The summed E-state index contributed by atoms with van der Waals surface area (Å²) in [5.41, 5.74) is 1.90. The molecule has 1 atom stereocenters. The van der Waals surface area contributed by atoms with E-state index in [-0.39, 0.29) is 5.91 Å². The van der Waals surface area contributed by atoms with E-state index in [0.717, 1.165) is 56.0 Å². The summed E-state index contributed by atoms with van der Waals surface area (Å²) in [6, 6.07) is 7.85. The van der Waals surface area contributed by atoms with Gasteiger partial charge in [-0.3, -0.25) is 4.79 Å². The van der Waals surface area contributed by atoms with Gasteiger partial charge in [0, 0.05) is 25.6 Å². The van der Waals surface area contributed by atoms with Gasteiger partial charge >= 0.3 is 0 Å². The highest BCUT2D eigenvalue weighted by molar-refractivity contribution is 5.80. The first-order valence-electron chi connectivity index (χ1n) is 8.05. The van der Waals surface area contributed by atoms with Crippen LogP contribution < -0.4 is 0 Å². The van der Waals surface area contributed by atoms with Gasteiger partial charge in [-0.15, -0.1) is 0 Å². The van der Waals surface area contributed by atoms with Crippen molar-refractivity contribution in [3.63, 3.8) is 0 Å². The van der Waals surface area contributed by atoms with Gasteiger partial charge in [0.15, 0.2) is 0 Å². The molecule has 0 bridgehead atoms. The molecule has 2 heterocycles. The van der Waals surface area contributed by atoms with Gasteiger partial charge in [-0.05, 0) is 25.0 Å². The fraction of sp³-hybridized carbons (Fsp3) is 0.529. The summed E-state index contributed by atoms with van der Waals surface area (Å²) in [6.45, 7) is 5.32. The van der Waals surface area contributed by atoms with Crippen LogP contribution in [0.5, 0.6) is 0 Å². The fourth-order valence-corrected chi connectivity index (χ4v) is 2.93. The first-order chi connectivity index (χ1) is 10.8.